The minimum atomic E-state index is 0.642. The fraction of sp³-hybridized carbons (Fsp3) is 0.857. The third kappa shape index (κ3) is 3.74. The van der Waals surface area contributed by atoms with Gasteiger partial charge in [-0.15, -0.1) is 12.8 Å². The lowest BCUT2D eigenvalue weighted by Gasteiger charge is -2.38. The lowest BCUT2D eigenvalue weighted by molar-refractivity contribution is 0.126. The van der Waals surface area contributed by atoms with Gasteiger partial charge in [0.2, 0.25) is 0 Å². The molecule has 0 bridgehead atoms. The van der Waals surface area contributed by atoms with E-state index in [0.29, 0.717) is 5.41 Å². The number of hydrogen-bond acceptors (Lipinski definition) is 0. The molecular weight excluding hydrogens is 168 g/mol. The van der Waals surface area contributed by atoms with Crippen LogP contribution in [0.5, 0.6) is 0 Å². The Kier molecular flexibility index (Phi) is 10.4. The van der Waals surface area contributed by atoms with E-state index in [1.165, 1.54) is 32.1 Å². The maximum absolute atomic E-state index is 4.00. The first kappa shape index (κ1) is 16.0. The van der Waals surface area contributed by atoms with Crippen molar-refractivity contribution in [1.82, 2.24) is 0 Å². The molecule has 0 nitrogen and oxygen atoms in total. The van der Waals surface area contributed by atoms with Crippen molar-refractivity contribution in [2.75, 3.05) is 0 Å². The van der Waals surface area contributed by atoms with Crippen LogP contribution in [0.3, 0.4) is 0 Å². The molecule has 0 aromatic carbocycles. The van der Waals surface area contributed by atoms with Crippen molar-refractivity contribution in [2.24, 2.45) is 11.3 Å². The zero-order valence-electron chi connectivity index (χ0n) is 10.8. The highest BCUT2D eigenvalue weighted by molar-refractivity contribution is 4.81. The molecule has 0 aliphatic carbocycles. The first-order chi connectivity index (χ1) is 6.70. The average Bonchev–Trinajstić information content (AvgIpc) is 2.29. The van der Waals surface area contributed by atoms with Gasteiger partial charge in [0.15, 0.2) is 0 Å². The predicted octanol–water partition coefficient (Wildman–Crippen LogP) is 4.89. The molecule has 0 spiro atoms. The van der Waals surface area contributed by atoms with E-state index in [-0.39, 0.29) is 0 Å². The summed E-state index contributed by atoms with van der Waals surface area (Å²) in [6, 6.07) is 0. The van der Waals surface area contributed by atoms with E-state index >= 15 is 0 Å². The first-order valence-electron chi connectivity index (χ1n) is 6.03. The fourth-order valence-electron chi connectivity index (χ4n) is 2.77. The molecule has 0 aromatic heterocycles. The molecule has 0 saturated carbocycles. The summed E-state index contributed by atoms with van der Waals surface area (Å²) in [6.07, 6.45) is 14.8. The Bertz CT molecular complexity index is 116. The number of hydrogen-bond donors (Lipinski definition) is 0. The van der Waals surface area contributed by atoms with Crippen molar-refractivity contribution in [1.29, 1.82) is 0 Å². The molecule has 0 saturated heterocycles. The summed E-state index contributed by atoms with van der Waals surface area (Å²) >= 11 is 0. The van der Waals surface area contributed by atoms with Crippen LogP contribution in [-0.2, 0) is 0 Å². The summed E-state index contributed by atoms with van der Waals surface area (Å²) in [7, 11) is 0. The van der Waals surface area contributed by atoms with Crippen molar-refractivity contribution in [3.05, 3.63) is 0 Å². The van der Waals surface area contributed by atoms with Crippen LogP contribution in [0, 0.1) is 24.2 Å². The zero-order chi connectivity index (χ0) is 11.6. The molecule has 0 rings (SSSR count). The van der Waals surface area contributed by atoms with Crippen LogP contribution < -0.4 is 0 Å². The van der Waals surface area contributed by atoms with Gasteiger partial charge in [-0.05, 0) is 11.3 Å². The normalized spacial score (nSPS) is 10.9. The molecule has 0 aliphatic rings. The Labute approximate surface area is 91.5 Å². The van der Waals surface area contributed by atoms with Crippen molar-refractivity contribution in [2.45, 2.75) is 66.7 Å². The summed E-state index contributed by atoms with van der Waals surface area (Å²) in [5.41, 5.74) is 0.642. The molecule has 0 unspecified atom stereocenters. The molecular formula is C14H28. The quantitative estimate of drug-likeness (QED) is 0.531. The van der Waals surface area contributed by atoms with Gasteiger partial charge in [0.25, 0.3) is 0 Å². The molecule has 0 aromatic rings. The third-order valence-electron chi connectivity index (χ3n) is 3.96. The monoisotopic (exact) mass is 196 g/mol. The van der Waals surface area contributed by atoms with Crippen molar-refractivity contribution >= 4 is 0 Å². The second-order valence-electron chi connectivity index (χ2n) is 3.94. The van der Waals surface area contributed by atoms with E-state index in [4.69, 9.17) is 0 Å². The number of terminal acetylenes is 1. The smallest absolute Gasteiger partial charge is 0.0277 e. The standard InChI is InChI=1S/C12H26.C2H2/c1-6-11(7-2)12(8-3,9-4)10-5;1-2/h11H,6-10H2,1-5H3;1-2H. The van der Waals surface area contributed by atoms with Gasteiger partial charge in [-0.1, -0.05) is 66.7 Å². The summed E-state index contributed by atoms with van der Waals surface area (Å²) < 4.78 is 0. The number of rotatable bonds is 6. The van der Waals surface area contributed by atoms with Gasteiger partial charge < -0.3 is 0 Å². The van der Waals surface area contributed by atoms with Gasteiger partial charge >= 0.3 is 0 Å². The summed E-state index contributed by atoms with van der Waals surface area (Å²) in [5, 5.41) is 0. The lowest BCUT2D eigenvalue weighted by atomic mass is 9.67. The highest BCUT2D eigenvalue weighted by Gasteiger charge is 2.30. The van der Waals surface area contributed by atoms with Gasteiger partial charge in [-0.2, -0.15) is 0 Å². The Morgan fingerprint density at radius 3 is 1.14 bits per heavy atom. The second kappa shape index (κ2) is 9.13. The van der Waals surface area contributed by atoms with Crippen LogP contribution in [0.1, 0.15) is 66.7 Å². The van der Waals surface area contributed by atoms with E-state index in [9.17, 15) is 0 Å². The maximum Gasteiger partial charge on any atom is -0.0277 e. The molecule has 84 valence electrons. The van der Waals surface area contributed by atoms with E-state index in [2.05, 4.69) is 47.5 Å². The summed E-state index contributed by atoms with van der Waals surface area (Å²) in [6.45, 7) is 11.7. The van der Waals surface area contributed by atoms with Crippen molar-refractivity contribution in [3.63, 3.8) is 0 Å². The summed E-state index contributed by atoms with van der Waals surface area (Å²) in [5.74, 6) is 0.942. The van der Waals surface area contributed by atoms with Crippen molar-refractivity contribution < 1.29 is 0 Å². The Morgan fingerprint density at radius 2 is 1.07 bits per heavy atom. The van der Waals surface area contributed by atoms with Gasteiger partial charge in [-0.3, -0.25) is 0 Å². The highest BCUT2D eigenvalue weighted by Crippen LogP contribution is 2.41. The molecule has 0 heterocycles. The second-order valence-corrected chi connectivity index (χ2v) is 3.94. The van der Waals surface area contributed by atoms with Gasteiger partial charge in [0, 0.05) is 0 Å². The van der Waals surface area contributed by atoms with Crippen LogP contribution in [0.4, 0.5) is 0 Å². The SMILES string of the molecule is C#C.CCC(CC)C(CC)(CC)CC. The molecule has 0 amide bonds. The maximum atomic E-state index is 4.00. The van der Waals surface area contributed by atoms with Gasteiger partial charge in [-0.25, -0.2) is 0 Å². The largest absolute Gasteiger partial charge is 0.124 e. The minimum absolute atomic E-state index is 0.642. The van der Waals surface area contributed by atoms with Crippen LogP contribution in [0.2, 0.25) is 0 Å². The highest BCUT2D eigenvalue weighted by atomic mass is 14.4. The lowest BCUT2D eigenvalue weighted by Crippen LogP contribution is -2.27. The van der Waals surface area contributed by atoms with Gasteiger partial charge in [0.1, 0.15) is 0 Å². The molecule has 14 heavy (non-hydrogen) atoms. The van der Waals surface area contributed by atoms with Crippen LogP contribution >= 0.6 is 0 Å². The molecule has 0 heteroatoms. The van der Waals surface area contributed by atoms with E-state index in [1.54, 1.807) is 0 Å². The van der Waals surface area contributed by atoms with E-state index < -0.39 is 0 Å². The third-order valence-corrected chi connectivity index (χ3v) is 3.96. The average molecular weight is 196 g/mol. The van der Waals surface area contributed by atoms with Crippen LogP contribution in [0.25, 0.3) is 0 Å². The topological polar surface area (TPSA) is 0 Å². The van der Waals surface area contributed by atoms with Crippen LogP contribution in [0.15, 0.2) is 0 Å². The Balaban J connectivity index is 0. The Hall–Kier alpha value is -0.440. The molecule has 0 N–H and O–H groups in total. The molecule has 0 atom stereocenters. The molecule has 0 aliphatic heterocycles. The molecule has 0 radical (unpaired) electrons. The fourth-order valence-corrected chi connectivity index (χ4v) is 2.77. The van der Waals surface area contributed by atoms with Crippen LogP contribution in [-0.4, -0.2) is 0 Å². The van der Waals surface area contributed by atoms with E-state index in [0.717, 1.165) is 5.92 Å². The van der Waals surface area contributed by atoms with Crippen molar-refractivity contribution in [3.8, 4) is 12.8 Å². The molecule has 0 fully saturated rings. The Morgan fingerprint density at radius 1 is 0.786 bits per heavy atom. The first-order valence-corrected chi connectivity index (χ1v) is 6.03. The zero-order valence-corrected chi connectivity index (χ0v) is 10.8. The van der Waals surface area contributed by atoms with Gasteiger partial charge in [0.05, 0.1) is 0 Å². The predicted molar refractivity (Wildman–Crippen MR) is 67.3 cm³/mol. The minimum Gasteiger partial charge on any atom is -0.124 e. The van der Waals surface area contributed by atoms with E-state index in [1.807, 2.05) is 0 Å². The summed E-state index contributed by atoms with van der Waals surface area (Å²) in [4.78, 5) is 0.